The fraction of sp³-hybridized carbons (Fsp3) is 0.750. The Morgan fingerprint density at radius 1 is 1.47 bits per heavy atom. The smallest absolute Gasteiger partial charge is 0.109 e. The first-order valence-electron chi connectivity index (χ1n) is 5.83. The zero-order valence-electron chi connectivity index (χ0n) is 9.93. The maximum atomic E-state index is 4.44. The van der Waals surface area contributed by atoms with E-state index in [9.17, 15) is 0 Å². The first-order valence-corrected chi connectivity index (χ1v) is 5.83. The van der Waals surface area contributed by atoms with Crippen molar-refractivity contribution in [2.75, 3.05) is 0 Å². The number of nitrogens with zero attached hydrogens (tertiary/aromatic N) is 1. The molecule has 0 bridgehead atoms. The molecule has 0 aromatic carbocycles. The molecule has 2 rings (SSSR count). The highest BCUT2D eigenvalue weighted by molar-refractivity contribution is 5.08. The van der Waals surface area contributed by atoms with Gasteiger partial charge in [-0.1, -0.05) is 6.42 Å². The summed E-state index contributed by atoms with van der Waals surface area (Å²) in [6.45, 7) is 7.41. The highest BCUT2D eigenvalue weighted by Crippen LogP contribution is 2.34. The Kier molecular flexibility index (Phi) is 2.83. The van der Waals surface area contributed by atoms with Gasteiger partial charge in [-0.05, 0) is 33.6 Å². The Morgan fingerprint density at radius 2 is 2.20 bits per heavy atom. The number of aromatic nitrogens is 2. The van der Waals surface area contributed by atoms with Gasteiger partial charge in [-0.2, -0.15) is 0 Å². The van der Waals surface area contributed by atoms with E-state index in [4.69, 9.17) is 0 Å². The molecule has 3 nitrogen and oxygen atoms in total. The fourth-order valence-electron chi connectivity index (χ4n) is 1.72. The lowest BCUT2D eigenvalue weighted by molar-refractivity contribution is 0.401. The van der Waals surface area contributed by atoms with Gasteiger partial charge in [-0.15, -0.1) is 0 Å². The molecule has 0 radical (unpaired) electrons. The number of rotatable bonds is 3. The van der Waals surface area contributed by atoms with E-state index in [1.54, 1.807) is 0 Å². The van der Waals surface area contributed by atoms with Crippen LogP contribution in [0.5, 0.6) is 0 Å². The number of nitrogens with one attached hydrogen (secondary N) is 2. The average molecular weight is 207 g/mol. The second kappa shape index (κ2) is 3.97. The van der Waals surface area contributed by atoms with Gasteiger partial charge < -0.3 is 10.3 Å². The van der Waals surface area contributed by atoms with Crippen LogP contribution in [0, 0.1) is 0 Å². The van der Waals surface area contributed by atoms with Crippen LogP contribution in [0.15, 0.2) is 6.20 Å². The van der Waals surface area contributed by atoms with Crippen molar-refractivity contribution < 1.29 is 0 Å². The van der Waals surface area contributed by atoms with Gasteiger partial charge in [-0.25, -0.2) is 4.98 Å². The highest BCUT2D eigenvalue weighted by atomic mass is 15.0. The molecule has 0 atom stereocenters. The van der Waals surface area contributed by atoms with Gasteiger partial charge in [0.05, 0.1) is 0 Å². The van der Waals surface area contributed by atoms with Crippen LogP contribution < -0.4 is 5.32 Å². The highest BCUT2D eigenvalue weighted by Gasteiger charge is 2.22. The monoisotopic (exact) mass is 207 g/mol. The molecule has 15 heavy (non-hydrogen) atoms. The van der Waals surface area contributed by atoms with Crippen LogP contribution >= 0.6 is 0 Å². The summed E-state index contributed by atoms with van der Waals surface area (Å²) >= 11 is 0. The summed E-state index contributed by atoms with van der Waals surface area (Å²) in [5.41, 5.74) is 1.37. The maximum absolute atomic E-state index is 4.44. The van der Waals surface area contributed by atoms with Gasteiger partial charge in [0.2, 0.25) is 0 Å². The van der Waals surface area contributed by atoms with Crippen molar-refractivity contribution in [1.82, 2.24) is 15.3 Å². The zero-order valence-corrected chi connectivity index (χ0v) is 9.93. The van der Waals surface area contributed by atoms with E-state index in [1.165, 1.54) is 30.8 Å². The predicted molar refractivity (Wildman–Crippen MR) is 61.8 cm³/mol. The van der Waals surface area contributed by atoms with Gasteiger partial charge >= 0.3 is 0 Å². The van der Waals surface area contributed by atoms with E-state index >= 15 is 0 Å². The lowest BCUT2D eigenvalue weighted by Gasteiger charge is -2.23. The molecule has 3 heteroatoms. The lowest BCUT2D eigenvalue weighted by atomic mass is 9.85. The number of aromatic amines is 1. The molecule has 1 aliphatic rings. The second-order valence-electron chi connectivity index (χ2n) is 5.53. The SMILES string of the molecule is CC(C)(C)NCc1cnc(C2CCC2)[nH]1. The normalized spacial score (nSPS) is 17.8. The Morgan fingerprint density at radius 3 is 2.73 bits per heavy atom. The molecule has 1 aromatic heterocycles. The molecule has 1 fully saturated rings. The Bertz CT molecular complexity index is 318. The van der Waals surface area contributed by atoms with Crippen molar-refractivity contribution >= 4 is 0 Å². The van der Waals surface area contributed by atoms with Gasteiger partial charge in [0.15, 0.2) is 0 Å². The van der Waals surface area contributed by atoms with Crippen LogP contribution in [-0.4, -0.2) is 15.5 Å². The molecule has 1 aliphatic carbocycles. The summed E-state index contributed by atoms with van der Waals surface area (Å²) < 4.78 is 0. The third-order valence-corrected chi connectivity index (χ3v) is 2.95. The summed E-state index contributed by atoms with van der Waals surface area (Å²) in [6.07, 6.45) is 5.94. The number of hydrogen-bond acceptors (Lipinski definition) is 2. The molecular formula is C12H21N3. The first kappa shape index (κ1) is 10.7. The minimum absolute atomic E-state index is 0.168. The molecular weight excluding hydrogens is 186 g/mol. The molecule has 0 amide bonds. The first-order chi connectivity index (χ1) is 7.04. The summed E-state index contributed by atoms with van der Waals surface area (Å²) in [7, 11) is 0. The number of hydrogen-bond donors (Lipinski definition) is 2. The van der Waals surface area contributed by atoms with Crippen molar-refractivity contribution in [2.24, 2.45) is 0 Å². The minimum Gasteiger partial charge on any atom is -0.345 e. The van der Waals surface area contributed by atoms with Crippen LogP contribution in [0.3, 0.4) is 0 Å². The van der Waals surface area contributed by atoms with Crippen molar-refractivity contribution in [2.45, 2.75) is 58.0 Å². The van der Waals surface area contributed by atoms with Crippen LogP contribution in [-0.2, 0) is 6.54 Å². The number of imidazole rings is 1. The minimum atomic E-state index is 0.168. The summed E-state index contributed by atoms with van der Waals surface area (Å²) in [5.74, 6) is 1.89. The number of H-pyrrole nitrogens is 1. The Labute approximate surface area is 91.7 Å². The summed E-state index contributed by atoms with van der Waals surface area (Å²) in [4.78, 5) is 7.86. The van der Waals surface area contributed by atoms with Crippen LogP contribution in [0.1, 0.15) is 57.5 Å². The molecule has 1 aromatic rings. The topological polar surface area (TPSA) is 40.7 Å². The summed E-state index contributed by atoms with van der Waals surface area (Å²) in [5, 5.41) is 3.46. The quantitative estimate of drug-likeness (QED) is 0.799. The molecule has 84 valence electrons. The standard InChI is InChI=1S/C12H21N3/c1-12(2,3)14-8-10-7-13-11(15-10)9-5-4-6-9/h7,9,14H,4-6,8H2,1-3H3,(H,13,15). The van der Waals surface area contributed by atoms with Crippen LogP contribution in [0.4, 0.5) is 0 Å². The Balaban J connectivity index is 1.89. The van der Waals surface area contributed by atoms with Crippen LogP contribution in [0.25, 0.3) is 0 Å². The van der Waals surface area contributed by atoms with E-state index in [1.807, 2.05) is 6.20 Å². The maximum Gasteiger partial charge on any atom is 0.109 e. The molecule has 0 unspecified atom stereocenters. The van der Waals surface area contributed by atoms with E-state index in [2.05, 4.69) is 36.1 Å². The van der Waals surface area contributed by atoms with Crippen LogP contribution in [0.2, 0.25) is 0 Å². The van der Waals surface area contributed by atoms with E-state index < -0.39 is 0 Å². The van der Waals surface area contributed by atoms with E-state index in [0.29, 0.717) is 5.92 Å². The molecule has 0 spiro atoms. The Hall–Kier alpha value is -0.830. The molecule has 1 saturated carbocycles. The van der Waals surface area contributed by atoms with Gasteiger partial charge in [0.25, 0.3) is 0 Å². The van der Waals surface area contributed by atoms with E-state index in [-0.39, 0.29) is 5.54 Å². The molecule has 2 N–H and O–H groups in total. The summed E-state index contributed by atoms with van der Waals surface area (Å²) in [6, 6.07) is 0. The van der Waals surface area contributed by atoms with Gasteiger partial charge in [0, 0.05) is 29.9 Å². The van der Waals surface area contributed by atoms with Crippen molar-refractivity contribution in [3.63, 3.8) is 0 Å². The lowest BCUT2D eigenvalue weighted by Crippen LogP contribution is -2.35. The fourth-order valence-corrected chi connectivity index (χ4v) is 1.72. The molecule has 0 aliphatic heterocycles. The predicted octanol–water partition coefficient (Wildman–Crippen LogP) is 2.57. The van der Waals surface area contributed by atoms with Crippen molar-refractivity contribution in [3.05, 3.63) is 17.7 Å². The van der Waals surface area contributed by atoms with Crippen molar-refractivity contribution in [3.8, 4) is 0 Å². The second-order valence-corrected chi connectivity index (χ2v) is 5.53. The van der Waals surface area contributed by atoms with Gasteiger partial charge in [-0.3, -0.25) is 0 Å². The van der Waals surface area contributed by atoms with Crippen molar-refractivity contribution in [1.29, 1.82) is 0 Å². The largest absolute Gasteiger partial charge is 0.345 e. The third-order valence-electron chi connectivity index (χ3n) is 2.95. The van der Waals surface area contributed by atoms with E-state index in [0.717, 1.165) is 6.54 Å². The van der Waals surface area contributed by atoms with Gasteiger partial charge in [0.1, 0.15) is 5.82 Å². The molecule has 1 heterocycles. The third kappa shape index (κ3) is 2.81. The zero-order chi connectivity index (χ0) is 10.9. The molecule has 0 saturated heterocycles. The average Bonchev–Trinajstić information content (AvgIpc) is 2.45.